The lowest BCUT2D eigenvalue weighted by Crippen LogP contribution is -2.54. The molecule has 15 heteroatoms. The quantitative estimate of drug-likeness (QED) is 0.131. The van der Waals surface area contributed by atoms with Crippen LogP contribution in [0.1, 0.15) is 102 Å². The van der Waals surface area contributed by atoms with Gasteiger partial charge in [0, 0.05) is 32.0 Å². The summed E-state index contributed by atoms with van der Waals surface area (Å²) in [5.74, 6) is 0.683. The fourth-order valence-corrected chi connectivity index (χ4v) is 8.75. The summed E-state index contributed by atoms with van der Waals surface area (Å²) in [6.07, 6.45) is 11.2. The highest BCUT2D eigenvalue weighted by Crippen LogP contribution is 2.35. The Morgan fingerprint density at radius 2 is 1.58 bits per heavy atom. The van der Waals surface area contributed by atoms with Gasteiger partial charge in [0.1, 0.15) is 35.2 Å². The Morgan fingerprint density at radius 1 is 0.860 bits per heavy atom. The summed E-state index contributed by atoms with van der Waals surface area (Å²) in [5, 5.41) is 6.29. The van der Waals surface area contributed by atoms with Crippen molar-refractivity contribution in [3.05, 3.63) is 82.1 Å². The number of ketones is 1. The molecule has 14 nitrogen and oxygen atoms in total. The SMILES string of the molecule is [C-]#[N+]c1ccc(OC2CCC(CC(=O)c3cnc(N4CCC(CNC5CC(Oc6ccc7c(c6)C(=O)N(C6CCC(=O)NC6=O)C7=O)C5)CC4)cn3)CC2)cc1Cl. The first-order chi connectivity index (χ1) is 27.6. The van der Waals surface area contributed by atoms with Gasteiger partial charge in [0.05, 0.1) is 41.2 Å². The third kappa shape index (κ3) is 8.50. The highest BCUT2D eigenvalue weighted by molar-refractivity contribution is 6.33. The molecule has 5 aliphatic rings. The Morgan fingerprint density at radius 3 is 2.28 bits per heavy atom. The second-order valence-corrected chi connectivity index (χ2v) is 16.2. The van der Waals surface area contributed by atoms with Crippen LogP contribution in [-0.2, 0) is 9.59 Å². The molecule has 3 aromatic rings. The molecule has 0 radical (unpaired) electrons. The lowest BCUT2D eigenvalue weighted by atomic mass is 9.84. The predicted octanol–water partition coefficient (Wildman–Crippen LogP) is 5.71. The van der Waals surface area contributed by atoms with E-state index in [4.69, 9.17) is 27.6 Å². The summed E-state index contributed by atoms with van der Waals surface area (Å²) in [6.45, 7) is 9.79. The summed E-state index contributed by atoms with van der Waals surface area (Å²) < 4.78 is 12.3. The van der Waals surface area contributed by atoms with Crippen LogP contribution < -0.4 is 25.0 Å². The van der Waals surface area contributed by atoms with Gasteiger partial charge in [-0.25, -0.2) is 14.8 Å². The molecular formula is C42H44ClN7O7. The highest BCUT2D eigenvalue weighted by atomic mass is 35.5. The van der Waals surface area contributed by atoms with Gasteiger partial charge in [-0.2, -0.15) is 0 Å². The molecule has 4 amide bonds. The summed E-state index contributed by atoms with van der Waals surface area (Å²) in [4.78, 5) is 78.8. The number of nitrogens with zero attached hydrogens (tertiary/aromatic N) is 5. The fourth-order valence-electron chi connectivity index (χ4n) is 8.54. The van der Waals surface area contributed by atoms with Crippen LogP contribution in [-0.4, -0.2) is 88.2 Å². The molecule has 0 spiro atoms. The van der Waals surface area contributed by atoms with E-state index in [9.17, 15) is 24.0 Å². The maximum absolute atomic E-state index is 13.1. The summed E-state index contributed by atoms with van der Waals surface area (Å²) in [7, 11) is 0. The van der Waals surface area contributed by atoms with Crippen molar-refractivity contribution in [3.8, 4) is 11.5 Å². The smallest absolute Gasteiger partial charge is 0.262 e. The number of carbonyl (C=O) groups is 5. The number of rotatable bonds is 12. The molecule has 2 N–H and O–H groups in total. The van der Waals surface area contributed by atoms with E-state index < -0.39 is 29.7 Å². The summed E-state index contributed by atoms with van der Waals surface area (Å²) in [5.41, 5.74) is 1.26. The van der Waals surface area contributed by atoms with Crippen molar-refractivity contribution < 1.29 is 33.4 Å². The molecule has 1 unspecified atom stereocenters. The standard InChI is InChI=1S/C42H44ClN7O7/c1-44-34-9-7-29(20-33(34)43)56-27-4-2-24(3-5-27)16-37(51)35-22-47-38(23-46-35)49-14-12-25(13-15-49)21-45-26-17-30(18-26)57-28-6-8-31-32(19-28)42(55)50(41(31)54)36-10-11-39(52)48-40(36)53/h6-9,19-20,22-27,30,36,45H,2-5,10-18,21H2,(H,48,52,53). The molecule has 2 saturated heterocycles. The number of hydrogen-bond acceptors (Lipinski definition) is 11. The average molecular weight is 794 g/mol. The fraction of sp³-hybridized carbons (Fsp3) is 0.476. The Hall–Kier alpha value is -5.39. The molecule has 57 heavy (non-hydrogen) atoms. The van der Waals surface area contributed by atoms with Gasteiger partial charge in [-0.15, -0.1) is 0 Å². The van der Waals surface area contributed by atoms with Crippen molar-refractivity contribution in [3.63, 3.8) is 0 Å². The number of benzene rings is 2. The van der Waals surface area contributed by atoms with Crippen molar-refractivity contribution in [1.82, 2.24) is 25.5 Å². The van der Waals surface area contributed by atoms with Crippen LogP contribution in [0, 0.1) is 18.4 Å². The summed E-state index contributed by atoms with van der Waals surface area (Å²) >= 11 is 6.16. The molecular weight excluding hydrogens is 750 g/mol. The lowest BCUT2D eigenvalue weighted by molar-refractivity contribution is -0.136. The number of fused-ring (bicyclic) bond motifs is 1. The zero-order valence-electron chi connectivity index (χ0n) is 31.5. The van der Waals surface area contributed by atoms with E-state index in [-0.39, 0.29) is 47.9 Å². The highest BCUT2D eigenvalue weighted by Gasteiger charge is 2.45. The molecule has 1 aromatic heterocycles. The molecule has 4 heterocycles. The third-order valence-corrected chi connectivity index (χ3v) is 12.3. The van der Waals surface area contributed by atoms with Crippen LogP contribution in [0.15, 0.2) is 48.8 Å². The van der Waals surface area contributed by atoms with E-state index in [0.717, 1.165) is 81.7 Å². The van der Waals surface area contributed by atoms with Crippen LogP contribution in [0.4, 0.5) is 11.5 Å². The van der Waals surface area contributed by atoms with Crippen LogP contribution in [0.2, 0.25) is 5.02 Å². The number of halogens is 1. The number of ether oxygens (including phenoxy) is 2. The minimum absolute atomic E-state index is 0.00817. The topological polar surface area (TPSA) is 164 Å². The number of anilines is 1. The minimum Gasteiger partial charge on any atom is -0.490 e. The van der Waals surface area contributed by atoms with Crippen LogP contribution >= 0.6 is 11.6 Å². The van der Waals surface area contributed by atoms with E-state index in [1.165, 1.54) is 0 Å². The van der Waals surface area contributed by atoms with Crippen molar-refractivity contribution in [2.45, 2.75) is 94.9 Å². The molecule has 0 bridgehead atoms. The molecule has 2 aliphatic carbocycles. The Balaban J connectivity index is 0.721. The number of amides is 4. The van der Waals surface area contributed by atoms with Crippen molar-refractivity contribution in [2.75, 3.05) is 24.5 Å². The van der Waals surface area contributed by atoms with E-state index >= 15 is 0 Å². The normalized spacial score (nSPS) is 25.0. The largest absolute Gasteiger partial charge is 0.490 e. The first-order valence-corrected chi connectivity index (χ1v) is 20.2. The van der Waals surface area contributed by atoms with E-state index in [1.54, 1.807) is 48.8 Å². The van der Waals surface area contributed by atoms with Gasteiger partial charge >= 0.3 is 0 Å². The molecule has 2 saturated carbocycles. The van der Waals surface area contributed by atoms with Gasteiger partial charge in [0.2, 0.25) is 17.5 Å². The zero-order chi connectivity index (χ0) is 39.6. The molecule has 8 rings (SSSR count). The van der Waals surface area contributed by atoms with Gasteiger partial charge < -0.3 is 19.7 Å². The molecule has 296 valence electrons. The molecule has 2 aromatic carbocycles. The second-order valence-electron chi connectivity index (χ2n) is 15.8. The van der Waals surface area contributed by atoms with Crippen LogP contribution in [0.5, 0.6) is 11.5 Å². The molecule has 4 fully saturated rings. The van der Waals surface area contributed by atoms with Crippen molar-refractivity contribution in [2.24, 2.45) is 11.8 Å². The van der Waals surface area contributed by atoms with Gasteiger partial charge in [-0.05, 0) is 106 Å². The van der Waals surface area contributed by atoms with Crippen LogP contribution in [0.3, 0.4) is 0 Å². The van der Waals surface area contributed by atoms with Gasteiger partial charge in [-0.3, -0.25) is 34.2 Å². The van der Waals surface area contributed by atoms with Crippen molar-refractivity contribution >= 4 is 52.5 Å². The van der Waals surface area contributed by atoms with Gasteiger partial charge in [0.15, 0.2) is 5.78 Å². The molecule has 3 aliphatic heterocycles. The third-order valence-electron chi connectivity index (χ3n) is 12.0. The van der Waals surface area contributed by atoms with Crippen molar-refractivity contribution in [1.29, 1.82) is 0 Å². The van der Waals surface area contributed by atoms with Crippen LogP contribution in [0.25, 0.3) is 4.85 Å². The number of Topliss-reactive ketones (excluding diaryl/α,β-unsaturated/α-hetero) is 1. The summed E-state index contributed by atoms with van der Waals surface area (Å²) in [6, 6.07) is 9.31. The van der Waals surface area contributed by atoms with Gasteiger partial charge in [-0.1, -0.05) is 17.7 Å². The number of hydrogen-bond donors (Lipinski definition) is 2. The first kappa shape index (κ1) is 38.5. The number of carbonyl (C=O) groups excluding carboxylic acids is 5. The Labute approximate surface area is 335 Å². The number of piperidine rings is 2. The Bertz CT molecular complexity index is 2100. The van der Waals surface area contributed by atoms with Gasteiger partial charge in [0.25, 0.3) is 11.8 Å². The van der Waals surface area contributed by atoms with E-state index in [1.807, 2.05) is 0 Å². The monoisotopic (exact) mass is 793 g/mol. The average Bonchev–Trinajstić information content (AvgIpc) is 3.44. The van der Waals surface area contributed by atoms with E-state index in [2.05, 4.69) is 30.3 Å². The number of nitrogens with one attached hydrogen (secondary N) is 2. The lowest BCUT2D eigenvalue weighted by Gasteiger charge is -2.38. The predicted molar refractivity (Wildman–Crippen MR) is 209 cm³/mol. The maximum atomic E-state index is 13.1. The maximum Gasteiger partial charge on any atom is 0.262 e. The van der Waals surface area contributed by atoms with E-state index in [0.29, 0.717) is 46.3 Å². The minimum atomic E-state index is -0.998. The number of imide groups is 2. The second kappa shape index (κ2) is 16.6. The Kier molecular flexibility index (Phi) is 11.2. The first-order valence-electron chi connectivity index (χ1n) is 19.8. The number of aromatic nitrogens is 2. The molecule has 1 atom stereocenters. The zero-order valence-corrected chi connectivity index (χ0v) is 32.2.